The highest BCUT2D eigenvalue weighted by Crippen LogP contribution is 2.38. The number of hydrogen-bond donors (Lipinski definition) is 1. The molecule has 0 rings (SSSR count). The van der Waals surface area contributed by atoms with E-state index in [4.69, 9.17) is 13.8 Å². The van der Waals surface area contributed by atoms with Crippen molar-refractivity contribution in [1.29, 1.82) is 0 Å². The number of carbonyl (C=O) groups excluding carboxylic acids is 2. The third kappa shape index (κ3) is 54.5. The van der Waals surface area contributed by atoms with Gasteiger partial charge in [-0.3, -0.25) is 14.2 Å². The number of unbranched alkanes of at least 4 members (excludes halogenated alkanes) is 12. The Morgan fingerprint density at radius 2 is 0.867 bits per heavy atom. The summed E-state index contributed by atoms with van der Waals surface area (Å²) in [6.45, 7) is 6.49. The fourth-order valence-electron chi connectivity index (χ4n) is 7.35. The first-order valence-electron chi connectivity index (χ1n) is 29.1. The lowest BCUT2D eigenvalue weighted by Gasteiger charge is -2.30. The van der Waals surface area contributed by atoms with Crippen molar-refractivity contribution in [2.45, 2.75) is 213 Å². The molecule has 0 aromatic rings. The van der Waals surface area contributed by atoms with Crippen LogP contribution in [0.4, 0.5) is 0 Å². The maximum Gasteiger partial charge on any atom is 0.306 e. The number of carbonyl (C=O) groups is 2. The Kier molecular flexibility index (Phi) is 50.4. The molecule has 0 aliphatic rings. The van der Waals surface area contributed by atoms with Crippen LogP contribution in [0, 0.1) is 0 Å². The molecule has 3 unspecified atom stereocenters. The number of hydrogen-bond acceptors (Lipinski definition) is 7. The molecule has 0 saturated carbocycles. The SMILES string of the molecule is CC/C=C\C/C=C\C/C=C\C/C=C\C/C=C\C/C=C\CCC(=O)OC(/C=C/CCCCCCCCCCCCC)C(COP(=O)([O-])OCC[N+](C)(C)C)NC(=O)CCC/C=C\C/C=C\C/C=C\C/C=C\C/C=C\CC. The van der Waals surface area contributed by atoms with Crippen LogP contribution in [0.3, 0.4) is 0 Å². The predicted molar refractivity (Wildman–Crippen MR) is 320 cm³/mol. The van der Waals surface area contributed by atoms with E-state index in [9.17, 15) is 19.0 Å². The lowest BCUT2D eigenvalue weighted by atomic mass is 10.0. The first-order chi connectivity index (χ1) is 36.4. The first-order valence-corrected chi connectivity index (χ1v) is 30.6. The highest BCUT2D eigenvalue weighted by atomic mass is 31.2. The zero-order chi connectivity index (χ0) is 55.0. The molecule has 9 nitrogen and oxygen atoms in total. The number of amides is 1. The van der Waals surface area contributed by atoms with Gasteiger partial charge in [-0.15, -0.1) is 0 Å². The molecule has 0 aromatic carbocycles. The number of phosphoric acid groups is 1. The summed E-state index contributed by atoms with van der Waals surface area (Å²) in [7, 11) is 1.09. The average Bonchev–Trinajstić information content (AvgIpc) is 3.37. The number of allylic oxidation sites excluding steroid dienone is 23. The van der Waals surface area contributed by atoms with Gasteiger partial charge in [0, 0.05) is 12.8 Å². The van der Waals surface area contributed by atoms with Crippen LogP contribution in [0.25, 0.3) is 0 Å². The van der Waals surface area contributed by atoms with E-state index >= 15 is 0 Å². The lowest BCUT2D eigenvalue weighted by molar-refractivity contribution is -0.870. The molecule has 1 N–H and O–H groups in total. The summed E-state index contributed by atoms with van der Waals surface area (Å²) >= 11 is 0. The number of likely N-dealkylation sites (N-methyl/N-ethyl adjacent to an activating group) is 1. The van der Waals surface area contributed by atoms with Crippen LogP contribution in [0.2, 0.25) is 0 Å². The Morgan fingerprint density at radius 3 is 1.29 bits per heavy atom. The molecule has 0 spiro atoms. The minimum Gasteiger partial charge on any atom is -0.756 e. The third-order valence-corrected chi connectivity index (χ3v) is 12.7. The average molecular weight is 1060 g/mol. The van der Waals surface area contributed by atoms with Crippen LogP contribution in [0.5, 0.6) is 0 Å². The molecule has 75 heavy (non-hydrogen) atoms. The number of phosphoric ester groups is 1. The summed E-state index contributed by atoms with van der Waals surface area (Å²) in [6, 6.07) is -0.959. The summed E-state index contributed by atoms with van der Waals surface area (Å²) in [5.41, 5.74) is 0. The van der Waals surface area contributed by atoms with Crippen molar-refractivity contribution in [3.8, 4) is 0 Å². The number of rotatable bonds is 50. The standard InChI is InChI=1S/C65H107N2O7P/c1-7-10-13-16-19-22-25-28-30-32-33-35-37-40-43-46-49-52-55-58-65(69)74-63(56-53-50-47-44-41-38-27-24-21-18-15-12-9-3)62(61-73-75(70,71)72-60-59-67(4,5)6)66-64(68)57-54-51-48-45-42-39-36-34-31-29-26-23-20-17-14-11-8-2/h10-11,13-14,19-20,22-23,28-31,33,35-36,39-40,43,45,48-49,52-53,56,62-63H,7-9,12,15-18,21,24-27,32,34,37-38,41-42,44,46-47,50-51,54-55,57-61H2,1-6H3,(H-,66,68,70,71)/b13-10-,14-11-,22-19-,23-20-,30-28-,31-29-,35-33-,39-36-,43-40-,48-45-,52-49-,56-53+. The van der Waals surface area contributed by atoms with Gasteiger partial charge >= 0.3 is 5.97 Å². The largest absolute Gasteiger partial charge is 0.756 e. The van der Waals surface area contributed by atoms with Crippen molar-refractivity contribution in [2.75, 3.05) is 40.9 Å². The van der Waals surface area contributed by atoms with Crippen molar-refractivity contribution in [3.05, 3.63) is 146 Å². The van der Waals surface area contributed by atoms with Gasteiger partial charge in [-0.2, -0.15) is 0 Å². The molecule has 0 fully saturated rings. The van der Waals surface area contributed by atoms with Crippen molar-refractivity contribution < 1.29 is 37.3 Å². The fourth-order valence-corrected chi connectivity index (χ4v) is 8.07. The molecule has 3 atom stereocenters. The van der Waals surface area contributed by atoms with Crippen molar-refractivity contribution in [3.63, 3.8) is 0 Å². The van der Waals surface area contributed by atoms with E-state index in [2.05, 4.69) is 148 Å². The lowest BCUT2D eigenvalue weighted by Crippen LogP contribution is -2.47. The molecular formula is C65H107N2O7P. The van der Waals surface area contributed by atoms with E-state index in [1.54, 1.807) is 6.08 Å². The summed E-state index contributed by atoms with van der Waals surface area (Å²) in [5.74, 6) is -0.721. The van der Waals surface area contributed by atoms with Crippen LogP contribution in [-0.2, 0) is 27.9 Å². The van der Waals surface area contributed by atoms with Gasteiger partial charge in [0.15, 0.2) is 0 Å². The Labute approximate surface area is 459 Å². The maximum atomic E-state index is 13.5. The van der Waals surface area contributed by atoms with E-state index in [0.717, 1.165) is 89.9 Å². The van der Waals surface area contributed by atoms with E-state index in [0.29, 0.717) is 30.3 Å². The van der Waals surface area contributed by atoms with Gasteiger partial charge in [0.05, 0.1) is 33.8 Å². The van der Waals surface area contributed by atoms with E-state index < -0.39 is 32.5 Å². The van der Waals surface area contributed by atoms with Gasteiger partial charge in [-0.05, 0) is 109 Å². The second kappa shape index (κ2) is 53.3. The molecule has 0 bridgehead atoms. The minimum absolute atomic E-state index is 0.0526. The fraction of sp³-hybridized carbons (Fsp3) is 0.600. The molecule has 10 heteroatoms. The Bertz CT molecular complexity index is 1790. The number of nitrogens with zero attached hydrogens (tertiary/aromatic N) is 1. The molecule has 424 valence electrons. The second-order valence-corrected chi connectivity index (χ2v) is 21.4. The van der Waals surface area contributed by atoms with Crippen molar-refractivity contribution in [2.24, 2.45) is 0 Å². The molecule has 0 saturated heterocycles. The van der Waals surface area contributed by atoms with Gasteiger partial charge in [0.2, 0.25) is 5.91 Å². The molecule has 0 aromatic heterocycles. The molecule has 0 heterocycles. The summed E-state index contributed by atoms with van der Waals surface area (Å²) < 4.78 is 30.1. The normalized spacial score (nSPS) is 14.8. The van der Waals surface area contributed by atoms with E-state index in [1.807, 2.05) is 39.4 Å². The number of nitrogens with one attached hydrogen (secondary N) is 1. The van der Waals surface area contributed by atoms with Gasteiger partial charge in [0.1, 0.15) is 19.3 Å². The monoisotopic (exact) mass is 1060 g/mol. The van der Waals surface area contributed by atoms with Gasteiger partial charge in [-0.25, -0.2) is 0 Å². The molecule has 0 radical (unpaired) electrons. The quantitative estimate of drug-likeness (QED) is 0.0212. The molecule has 0 aliphatic carbocycles. The molecular weight excluding hydrogens is 952 g/mol. The van der Waals surface area contributed by atoms with Crippen LogP contribution in [0.15, 0.2) is 146 Å². The highest BCUT2D eigenvalue weighted by Gasteiger charge is 2.27. The molecule has 1 amide bonds. The van der Waals surface area contributed by atoms with Crippen molar-refractivity contribution in [1.82, 2.24) is 5.32 Å². The number of quaternary nitrogens is 1. The van der Waals surface area contributed by atoms with Gasteiger partial charge in [-0.1, -0.05) is 225 Å². The van der Waals surface area contributed by atoms with Crippen LogP contribution < -0.4 is 10.2 Å². The third-order valence-electron chi connectivity index (χ3n) is 11.8. The Hall–Kier alpha value is -4.11. The molecule has 0 aliphatic heterocycles. The van der Waals surface area contributed by atoms with Crippen LogP contribution >= 0.6 is 7.82 Å². The summed E-state index contributed by atoms with van der Waals surface area (Å²) in [4.78, 5) is 39.9. The second-order valence-electron chi connectivity index (χ2n) is 20.0. The maximum absolute atomic E-state index is 13.5. The smallest absolute Gasteiger partial charge is 0.306 e. The minimum atomic E-state index is -4.74. The zero-order valence-corrected chi connectivity index (χ0v) is 49.1. The van der Waals surface area contributed by atoms with Gasteiger partial charge < -0.3 is 28.5 Å². The Morgan fingerprint density at radius 1 is 0.480 bits per heavy atom. The van der Waals surface area contributed by atoms with E-state index in [1.165, 1.54) is 57.8 Å². The number of ether oxygens (including phenoxy) is 1. The van der Waals surface area contributed by atoms with Crippen LogP contribution in [-0.4, -0.2) is 69.4 Å². The summed E-state index contributed by atoms with van der Waals surface area (Å²) in [5, 5.41) is 2.96. The van der Waals surface area contributed by atoms with Crippen LogP contribution in [0.1, 0.15) is 201 Å². The zero-order valence-electron chi connectivity index (χ0n) is 48.2. The first kappa shape index (κ1) is 70.9. The topological polar surface area (TPSA) is 114 Å². The number of esters is 1. The summed E-state index contributed by atoms with van der Waals surface area (Å²) in [6.07, 6.45) is 77.0. The predicted octanol–water partition coefficient (Wildman–Crippen LogP) is 17.2. The van der Waals surface area contributed by atoms with Crippen molar-refractivity contribution >= 4 is 19.7 Å². The Balaban J connectivity index is 5.59. The van der Waals surface area contributed by atoms with E-state index in [-0.39, 0.29) is 25.4 Å². The van der Waals surface area contributed by atoms with Gasteiger partial charge in [0.25, 0.3) is 7.82 Å². The highest BCUT2D eigenvalue weighted by molar-refractivity contribution is 7.45.